The summed E-state index contributed by atoms with van der Waals surface area (Å²) >= 11 is 0. The van der Waals surface area contributed by atoms with Crippen LogP contribution in [0.2, 0.25) is 0 Å². The van der Waals surface area contributed by atoms with E-state index in [1.165, 1.54) is 0 Å². The summed E-state index contributed by atoms with van der Waals surface area (Å²) in [5.41, 5.74) is 5.25. The summed E-state index contributed by atoms with van der Waals surface area (Å²) in [6.07, 6.45) is 2.53. The van der Waals surface area contributed by atoms with Crippen LogP contribution < -0.4 is 11.1 Å². The van der Waals surface area contributed by atoms with Crippen molar-refractivity contribution in [2.45, 2.75) is 38.5 Å². The monoisotopic (exact) mass is 324 g/mol. The molecule has 23 heavy (non-hydrogen) atoms. The van der Waals surface area contributed by atoms with E-state index in [4.69, 9.17) is 5.73 Å². The van der Waals surface area contributed by atoms with Crippen LogP contribution in [0.4, 0.5) is 0 Å². The standard InChI is InChI=1S/C15H20N2O6/c1-7(14(21)17-10-6-11(18)23-15(10)22)8-4-2-3-5-9(12(8)19)13(16)20/h2-3,7-10,15,22H,4-6H2,1H3,(H2,16,20)(H,17,21). The maximum atomic E-state index is 12.4. The van der Waals surface area contributed by atoms with Crippen molar-refractivity contribution in [3.8, 4) is 0 Å². The van der Waals surface area contributed by atoms with Gasteiger partial charge in [-0.1, -0.05) is 19.1 Å². The number of esters is 1. The Hall–Kier alpha value is -2.22. The second-order valence-electron chi connectivity index (χ2n) is 5.89. The third kappa shape index (κ3) is 3.76. The van der Waals surface area contributed by atoms with E-state index in [2.05, 4.69) is 10.1 Å². The number of aliphatic hydroxyl groups is 1. The Morgan fingerprint density at radius 2 is 2.00 bits per heavy atom. The fraction of sp³-hybridized carbons (Fsp3) is 0.600. The van der Waals surface area contributed by atoms with Gasteiger partial charge in [0.15, 0.2) is 0 Å². The Balaban J connectivity index is 2.05. The lowest BCUT2D eigenvalue weighted by Crippen LogP contribution is -2.46. The van der Waals surface area contributed by atoms with Crippen LogP contribution in [-0.2, 0) is 23.9 Å². The van der Waals surface area contributed by atoms with E-state index in [1.54, 1.807) is 19.1 Å². The largest absolute Gasteiger partial charge is 0.434 e. The molecule has 1 saturated heterocycles. The smallest absolute Gasteiger partial charge is 0.310 e. The lowest BCUT2D eigenvalue weighted by molar-refractivity contribution is -0.155. The van der Waals surface area contributed by atoms with Crippen LogP contribution in [0.3, 0.4) is 0 Å². The van der Waals surface area contributed by atoms with Crippen LogP contribution in [0.25, 0.3) is 0 Å². The molecule has 0 saturated carbocycles. The second-order valence-corrected chi connectivity index (χ2v) is 5.89. The number of ether oxygens (including phenoxy) is 1. The fourth-order valence-electron chi connectivity index (χ4n) is 2.84. The van der Waals surface area contributed by atoms with Crippen LogP contribution in [-0.4, -0.2) is 41.0 Å². The molecular weight excluding hydrogens is 304 g/mol. The first-order valence-electron chi connectivity index (χ1n) is 7.47. The number of amides is 2. The summed E-state index contributed by atoms with van der Waals surface area (Å²) in [5, 5.41) is 12.0. The topological polar surface area (TPSA) is 136 Å². The first-order valence-corrected chi connectivity index (χ1v) is 7.47. The summed E-state index contributed by atoms with van der Waals surface area (Å²) in [7, 11) is 0. The zero-order chi connectivity index (χ0) is 17.1. The number of cyclic esters (lactones) is 1. The molecule has 126 valence electrons. The SMILES string of the molecule is CC(C(=O)NC1CC(=O)OC1O)C1CC=CCC(C(N)=O)C1=O. The number of carbonyl (C=O) groups is 4. The number of aliphatic hydroxyl groups excluding tert-OH is 1. The van der Waals surface area contributed by atoms with Crippen molar-refractivity contribution in [3.05, 3.63) is 12.2 Å². The van der Waals surface area contributed by atoms with E-state index in [0.717, 1.165) is 0 Å². The maximum Gasteiger partial charge on any atom is 0.310 e. The third-order valence-electron chi connectivity index (χ3n) is 4.31. The van der Waals surface area contributed by atoms with E-state index in [0.29, 0.717) is 6.42 Å². The molecule has 8 heteroatoms. The first kappa shape index (κ1) is 17.1. The van der Waals surface area contributed by atoms with Gasteiger partial charge in [-0.25, -0.2) is 0 Å². The van der Waals surface area contributed by atoms with Crippen molar-refractivity contribution >= 4 is 23.6 Å². The van der Waals surface area contributed by atoms with Crippen LogP contribution in [0.15, 0.2) is 12.2 Å². The normalized spacial score (nSPS) is 32.1. The molecule has 0 aromatic heterocycles. The molecule has 2 amide bonds. The molecule has 0 radical (unpaired) electrons. The van der Waals surface area contributed by atoms with Gasteiger partial charge in [0.1, 0.15) is 11.8 Å². The Bertz CT molecular complexity index is 558. The van der Waals surface area contributed by atoms with Gasteiger partial charge in [0.25, 0.3) is 0 Å². The van der Waals surface area contributed by atoms with Crippen LogP contribution in [0.5, 0.6) is 0 Å². The van der Waals surface area contributed by atoms with Crippen molar-refractivity contribution in [1.82, 2.24) is 5.32 Å². The highest BCUT2D eigenvalue weighted by atomic mass is 16.6. The van der Waals surface area contributed by atoms with Gasteiger partial charge in [-0.15, -0.1) is 0 Å². The summed E-state index contributed by atoms with van der Waals surface area (Å²) in [6, 6.07) is -0.833. The number of nitrogens with one attached hydrogen (secondary N) is 1. The van der Waals surface area contributed by atoms with Gasteiger partial charge in [-0.2, -0.15) is 0 Å². The van der Waals surface area contributed by atoms with E-state index in [9.17, 15) is 24.3 Å². The van der Waals surface area contributed by atoms with E-state index >= 15 is 0 Å². The average Bonchev–Trinajstić information content (AvgIpc) is 2.68. The van der Waals surface area contributed by atoms with Crippen LogP contribution in [0, 0.1) is 17.8 Å². The molecule has 1 heterocycles. The molecule has 2 aliphatic rings. The molecular formula is C15H20N2O6. The number of rotatable bonds is 4. The molecule has 2 rings (SSSR count). The first-order chi connectivity index (χ1) is 10.8. The molecule has 4 N–H and O–H groups in total. The predicted molar refractivity (Wildman–Crippen MR) is 77.4 cm³/mol. The minimum atomic E-state index is -1.39. The van der Waals surface area contributed by atoms with Gasteiger partial charge >= 0.3 is 5.97 Å². The maximum absolute atomic E-state index is 12.4. The Labute approximate surface area is 133 Å². The summed E-state index contributed by atoms with van der Waals surface area (Å²) in [4.78, 5) is 47.2. The minimum absolute atomic E-state index is 0.123. The van der Waals surface area contributed by atoms with E-state index < -0.39 is 47.9 Å². The molecule has 0 aromatic rings. The van der Waals surface area contributed by atoms with Gasteiger partial charge in [0.2, 0.25) is 18.1 Å². The summed E-state index contributed by atoms with van der Waals surface area (Å²) in [5.74, 6) is -4.48. The number of carbonyl (C=O) groups excluding carboxylic acids is 4. The van der Waals surface area contributed by atoms with Crippen molar-refractivity contribution in [2.75, 3.05) is 0 Å². The number of primary amides is 1. The Morgan fingerprint density at radius 3 is 2.57 bits per heavy atom. The molecule has 5 atom stereocenters. The number of ketones is 1. The molecule has 1 aliphatic heterocycles. The zero-order valence-corrected chi connectivity index (χ0v) is 12.7. The van der Waals surface area contributed by atoms with Crippen LogP contribution in [0.1, 0.15) is 26.2 Å². The lowest BCUT2D eigenvalue weighted by atomic mass is 9.81. The van der Waals surface area contributed by atoms with Gasteiger partial charge in [-0.3, -0.25) is 19.2 Å². The highest BCUT2D eigenvalue weighted by molar-refractivity contribution is 6.03. The summed E-state index contributed by atoms with van der Waals surface area (Å²) < 4.78 is 4.55. The number of hydrogen-bond acceptors (Lipinski definition) is 6. The van der Waals surface area contributed by atoms with Gasteiger partial charge in [-0.05, 0) is 12.8 Å². The van der Waals surface area contributed by atoms with Crippen molar-refractivity contribution in [2.24, 2.45) is 23.5 Å². The van der Waals surface area contributed by atoms with E-state index in [-0.39, 0.29) is 18.6 Å². The average molecular weight is 324 g/mol. The Kier molecular flexibility index (Phi) is 5.15. The fourth-order valence-corrected chi connectivity index (χ4v) is 2.84. The van der Waals surface area contributed by atoms with Gasteiger partial charge in [0.05, 0.1) is 12.3 Å². The minimum Gasteiger partial charge on any atom is -0.434 e. The molecule has 5 unspecified atom stereocenters. The summed E-state index contributed by atoms with van der Waals surface area (Å²) in [6.45, 7) is 1.57. The molecule has 0 aromatic carbocycles. The molecule has 0 spiro atoms. The lowest BCUT2D eigenvalue weighted by Gasteiger charge is -2.24. The van der Waals surface area contributed by atoms with Crippen LogP contribution >= 0.6 is 0 Å². The van der Waals surface area contributed by atoms with Crippen molar-refractivity contribution in [1.29, 1.82) is 0 Å². The van der Waals surface area contributed by atoms with Crippen molar-refractivity contribution in [3.63, 3.8) is 0 Å². The zero-order valence-electron chi connectivity index (χ0n) is 12.7. The van der Waals surface area contributed by atoms with Gasteiger partial charge in [0, 0.05) is 11.8 Å². The number of Topliss-reactive ketones (excluding diaryl/α,β-unsaturated/α-hetero) is 1. The van der Waals surface area contributed by atoms with Crippen molar-refractivity contribution < 1.29 is 29.0 Å². The Morgan fingerprint density at radius 1 is 1.35 bits per heavy atom. The number of allylic oxidation sites excluding steroid dienone is 2. The number of hydrogen-bond donors (Lipinski definition) is 3. The third-order valence-corrected chi connectivity index (χ3v) is 4.31. The molecule has 0 bridgehead atoms. The highest BCUT2D eigenvalue weighted by Crippen LogP contribution is 2.27. The second kappa shape index (κ2) is 6.91. The molecule has 1 aliphatic carbocycles. The predicted octanol–water partition coefficient (Wildman–Crippen LogP) is -0.991. The van der Waals surface area contributed by atoms with E-state index in [1.807, 2.05) is 0 Å². The molecule has 8 nitrogen and oxygen atoms in total. The quantitative estimate of drug-likeness (QED) is 0.345. The number of nitrogens with two attached hydrogens (primary N) is 1. The molecule has 1 fully saturated rings. The van der Waals surface area contributed by atoms with Gasteiger partial charge < -0.3 is 20.9 Å². The highest BCUT2D eigenvalue weighted by Gasteiger charge is 2.39.